The first-order valence-electron chi connectivity index (χ1n) is 7.17. The Morgan fingerprint density at radius 1 is 1.10 bits per heavy atom. The van der Waals surface area contributed by atoms with E-state index in [2.05, 4.69) is 35.0 Å². The van der Waals surface area contributed by atoms with Crippen LogP contribution in [0.4, 0.5) is 5.69 Å². The topological polar surface area (TPSA) is 42.1 Å². The fourth-order valence-corrected chi connectivity index (χ4v) is 2.31. The Morgan fingerprint density at radius 3 is 2.60 bits per heavy atom. The van der Waals surface area contributed by atoms with Crippen molar-refractivity contribution >= 4 is 5.69 Å². The van der Waals surface area contributed by atoms with E-state index in [4.69, 9.17) is 5.73 Å². The highest BCUT2D eigenvalue weighted by Gasteiger charge is 2.06. The van der Waals surface area contributed by atoms with Gasteiger partial charge in [-0.25, -0.2) is 0 Å². The molecule has 0 radical (unpaired) electrons. The molecule has 0 atom stereocenters. The van der Waals surface area contributed by atoms with Crippen molar-refractivity contribution in [3.05, 3.63) is 59.4 Å². The molecule has 0 aliphatic rings. The van der Waals surface area contributed by atoms with Gasteiger partial charge in [-0.2, -0.15) is 0 Å². The summed E-state index contributed by atoms with van der Waals surface area (Å²) in [6.45, 7) is 7.13. The summed E-state index contributed by atoms with van der Waals surface area (Å²) in [4.78, 5) is 6.96. The lowest BCUT2D eigenvalue weighted by atomic mass is 10.1. The lowest BCUT2D eigenvalue weighted by Crippen LogP contribution is -2.26. The van der Waals surface area contributed by atoms with Gasteiger partial charge in [0, 0.05) is 24.5 Å². The second kappa shape index (κ2) is 7.06. The molecule has 3 nitrogen and oxygen atoms in total. The molecule has 0 saturated carbocycles. The van der Waals surface area contributed by atoms with Crippen molar-refractivity contribution in [1.29, 1.82) is 0 Å². The van der Waals surface area contributed by atoms with Crippen LogP contribution in [0.5, 0.6) is 0 Å². The molecule has 1 heterocycles. The lowest BCUT2D eigenvalue weighted by molar-refractivity contribution is 0.280. The van der Waals surface area contributed by atoms with E-state index in [1.54, 1.807) is 0 Å². The number of anilines is 1. The number of para-hydroxylation sites is 1. The molecule has 0 spiro atoms. The van der Waals surface area contributed by atoms with E-state index >= 15 is 0 Å². The van der Waals surface area contributed by atoms with Crippen molar-refractivity contribution in [2.75, 3.05) is 18.8 Å². The molecule has 3 heteroatoms. The Bertz CT molecular complexity index is 551. The molecule has 106 valence electrons. The zero-order valence-electron chi connectivity index (χ0n) is 12.3. The van der Waals surface area contributed by atoms with Crippen LogP contribution in [0.1, 0.15) is 23.9 Å². The van der Waals surface area contributed by atoms with Crippen LogP contribution in [0.25, 0.3) is 0 Å². The number of benzene rings is 1. The van der Waals surface area contributed by atoms with E-state index in [1.165, 1.54) is 5.56 Å². The summed E-state index contributed by atoms with van der Waals surface area (Å²) in [7, 11) is 0. The van der Waals surface area contributed by atoms with E-state index in [0.717, 1.165) is 43.1 Å². The van der Waals surface area contributed by atoms with Gasteiger partial charge in [-0.15, -0.1) is 0 Å². The maximum absolute atomic E-state index is 5.99. The fourth-order valence-electron chi connectivity index (χ4n) is 2.31. The molecule has 20 heavy (non-hydrogen) atoms. The summed E-state index contributed by atoms with van der Waals surface area (Å²) in [6.07, 6.45) is 0.979. The fraction of sp³-hybridized carbons (Fsp3) is 0.353. The molecule has 0 aliphatic heterocycles. The highest BCUT2D eigenvalue weighted by Crippen LogP contribution is 2.12. The second-order valence-corrected chi connectivity index (χ2v) is 5.09. The van der Waals surface area contributed by atoms with Crippen molar-refractivity contribution in [3.63, 3.8) is 0 Å². The molecule has 0 amide bonds. The minimum atomic E-state index is 0.886. The van der Waals surface area contributed by atoms with Gasteiger partial charge in [-0.3, -0.25) is 9.88 Å². The third kappa shape index (κ3) is 4.07. The maximum Gasteiger partial charge on any atom is 0.0547 e. The van der Waals surface area contributed by atoms with Crippen LogP contribution in [-0.2, 0) is 13.0 Å². The van der Waals surface area contributed by atoms with Gasteiger partial charge in [0.1, 0.15) is 0 Å². The molecule has 0 fully saturated rings. The summed E-state index contributed by atoms with van der Waals surface area (Å²) >= 11 is 0. The predicted molar refractivity (Wildman–Crippen MR) is 84.5 cm³/mol. The lowest BCUT2D eigenvalue weighted by Gasteiger charge is -2.20. The Hall–Kier alpha value is -1.87. The van der Waals surface area contributed by atoms with Crippen molar-refractivity contribution in [2.45, 2.75) is 26.8 Å². The molecule has 1 aromatic heterocycles. The molecule has 0 unspecified atom stereocenters. The van der Waals surface area contributed by atoms with Gasteiger partial charge in [0.05, 0.1) is 5.69 Å². The van der Waals surface area contributed by atoms with Gasteiger partial charge in [0.15, 0.2) is 0 Å². The first-order chi connectivity index (χ1) is 9.69. The molecule has 0 aliphatic carbocycles. The van der Waals surface area contributed by atoms with Crippen molar-refractivity contribution in [2.24, 2.45) is 0 Å². The first kappa shape index (κ1) is 14.5. The van der Waals surface area contributed by atoms with Crippen LogP contribution in [0, 0.1) is 6.92 Å². The number of nitrogens with zero attached hydrogens (tertiary/aromatic N) is 2. The van der Waals surface area contributed by atoms with E-state index in [1.807, 2.05) is 31.2 Å². The van der Waals surface area contributed by atoms with Crippen LogP contribution in [0.2, 0.25) is 0 Å². The molecular weight excluding hydrogens is 246 g/mol. The summed E-state index contributed by atoms with van der Waals surface area (Å²) in [5.74, 6) is 0. The van der Waals surface area contributed by atoms with Crippen LogP contribution in [0.3, 0.4) is 0 Å². The van der Waals surface area contributed by atoms with Crippen LogP contribution in [0.15, 0.2) is 42.5 Å². The van der Waals surface area contributed by atoms with Gasteiger partial charge < -0.3 is 5.73 Å². The monoisotopic (exact) mass is 269 g/mol. The van der Waals surface area contributed by atoms with Gasteiger partial charge in [0.25, 0.3) is 0 Å². The molecule has 0 saturated heterocycles. The zero-order chi connectivity index (χ0) is 14.4. The standard InChI is InChI=1S/C17H23N3/c1-3-20(13-16-9-6-7-14(2)19-16)12-11-15-8-4-5-10-17(15)18/h4-10H,3,11-13,18H2,1-2H3. The maximum atomic E-state index is 5.99. The minimum Gasteiger partial charge on any atom is -0.399 e. The zero-order valence-corrected chi connectivity index (χ0v) is 12.3. The van der Waals surface area contributed by atoms with Gasteiger partial charge in [-0.1, -0.05) is 31.2 Å². The Kier molecular flexibility index (Phi) is 5.13. The summed E-state index contributed by atoms with van der Waals surface area (Å²) in [5.41, 5.74) is 10.3. The van der Waals surface area contributed by atoms with Gasteiger partial charge in [-0.05, 0) is 43.7 Å². The van der Waals surface area contributed by atoms with Gasteiger partial charge >= 0.3 is 0 Å². The molecule has 2 rings (SSSR count). The number of nitrogens with two attached hydrogens (primary N) is 1. The first-order valence-corrected chi connectivity index (χ1v) is 7.17. The van der Waals surface area contributed by atoms with Crippen molar-refractivity contribution in [3.8, 4) is 0 Å². The Labute approximate surface area is 121 Å². The number of hydrogen-bond donors (Lipinski definition) is 1. The van der Waals surface area contributed by atoms with E-state index < -0.39 is 0 Å². The average molecular weight is 269 g/mol. The van der Waals surface area contributed by atoms with Crippen LogP contribution in [-0.4, -0.2) is 23.0 Å². The molecular formula is C17H23N3. The summed E-state index contributed by atoms with van der Waals surface area (Å²) in [5, 5.41) is 0. The number of aromatic nitrogens is 1. The van der Waals surface area contributed by atoms with E-state index in [0.29, 0.717) is 0 Å². The van der Waals surface area contributed by atoms with E-state index in [9.17, 15) is 0 Å². The largest absolute Gasteiger partial charge is 0.399 e. The number of nitrogen functional groups attached to an aromatic ring is 1. The Morgan fingerprint density at radius 2 is 1.90 bits per heavy atom. The third-order valence-corrected chi connectivity index (χ3v) is 3.53. The normalized spacial score (nSPS) is 10.9. The number of pyridine rings is 1. The third-order valence-electron chi connectivity index (χ3n) is 3.53. The van der Waals surface area contributed by atoms with Gasteiger partial charge in [0.2, 0.25) is 0 Å². The number of aryl methyl sites for hydroxylation is 1. The highest BCUT2D eigenvalue weighted by molar-refractivity contribution is 5.46. The quantitative estimate of drug-likeness (QED) is 0.820. The predicted octanol–water partition coefficient (Wildman–Crippen LogP) is 3.04. The average Bonchev–Trinajstić information content (AvgIpc) is 2.45. The van der Waals surface area contributed by atoms with Crippen molar-refractivity contribution in [1.82, 2.24) is 9.88 Å². The Balaban J connectivity index is 1.94. The molecule has 1 aromatic carbocycles. The van der Waals surface area contributed by atoms with E-state index in [-0.39, 0.29) is 0 Å². The number of hydrogen-bond acceptors (Lipinski definition) is 3. The van der Waals surface area contributed by atoms with Crippen LogP contribution >= 0.6 is 0 Å². The highest BCUT2D eigenvalue weighted by atomic mass is 15.1. The number of likely N-dealkylation sites (N-methyl/N-ethyl adjacent to an activating group) is 1. The summed E-state index contributed by atoms with van der Waals surface area (Å²) in [6, 6.07) is 14.3. The summed E-state index contributed by atoms with van der Waals surface area (Å²) < 4.78 is 0. The van der Waals surface area contributed by atoms with Crippen molar-refractivity contribution < 1.29 is 0 Å². The molecule has 2 N–H and O–H groups in total. The minimum absolute atomic E-state index is 0.886. The SMILES string of the molecule is CCN(CCc1ccccc1N)Cc1cccc(C)n1. The number of rotatable bonds is 6. The molecule has 0 bridgehead atoms. The molecule has 2 aromatic rings. The second-order valence-electron chi connectivity index (χ2n) is 5.09. The smallest absolute Gasteiger partial charge is 0.0547 e. The van der Waals surface area contributed by atoms with Crippen LogP contribution < -0.4 is 5.73 Å².